The third-order valence-electron chi connectivity index (χ3n) is 9.33. The van der Waals surface area contributed by atoms with Gasteiger partial charge in [0.2, 0.25) is 5.91 Å². The van der Waals surface area contributed by atoms with E-state index in [9.17, 15) is 26.8 Å². The van der Waals surface area contributed by atoms with Gasteiger partial charge in [-0.25, -0.2) is 40.9 Å². The zero-order valence-corrected chi connectivity index (χ0v) is 28.3. The van der Waals surface area contributed by atoms with E-state index >= 15 is 4.39 Å². The van der Waals surface area contributed by atoms with Crippen LogP contribution in [0.1, 0.15) is 51.0 Å². The minimum atomic E-state index is -4.01. The molecule has 0 unspecified atom stereocenters. The van der Waals surface area contributed by atoms with Crippen LogP contribution >= 0.6 is 0 Å². The number of pyridine rings is 2. The van der Waals surface area contributed by atoms with Gasteiger partial charge in [-0.2, -0.15) is 4.98 Å². The lowest BCUT2D eigenvalue weighted by Crippen LogP contribution is -2.54. The molecule has 1 aliphatic heterocycles. The van der Waals surface area contributed by atoms with Crippen LogP contribution in [-0.4, -0.2) is 70.7 Å². The normalized spacial score (nSPS) is 17.7. The van der Waals surface area contributed by atoms with Crippen molar-refractivity contribution in [2.75, 3.05) is 30.8 Å². The van der Waals surface area contributed by atoms with Crippen molar-refractivity contribution >= 4 is 32.6 Å². The highest BCUT2D eigenvalue weighted by Crippen LogP contribution is 2.34. The Labute approximate surface area is 282 Å². The lowest BCUT2D eigenvalue weighted by atomic mass is 9.87. The first-order valence-electron chi connectivity index (χ1n) is 16.3. The summed E-state index contributed by atoms with van der Waals surface area (Å²) >= 11 is 0. The number of halogens is 3. The molecule has 49 heavy (non-hydrogen) atoms. The van der Waals surface area contributed by atoms with Gasteiger partial charge in [0.15, 0.2) is 26.3 Å². The molecule has 3 aromatic heterocycles. The zero-order valence-electron chi connectivity index (χ0n) is 27.5. The molecule has 1 amide bonds. The van der Waals surface area contributed by atoms with E-state index in [1.54, 1.807) is 22.8 Å². The molecule has 0 N–H and O–H groups in total. The molecule has 0 radical (unpaired) electrons. The van der Waals surface area contributed by atoms with Gasteiger partial charge in [-0.05, 0) is 62.1 Å². The van der Waals surface area contributed by atoms with Gasteiger partial charge in [-0.1, -0.05) is 44.2 Å². The van der Waals surface area contributed by atoms with Crippen LogP contribution in [0.2, 0.25) is 0 Å². The molecule has 1 aliphatic carbocycles. The highest BCUT2D eigenvalue weighted by atomic mass is 32.2. The fraction of sp³-hybridized carbons (Fsp3) is 0.400. The first-order chi connectivity index (χ1) is 23.3. The summed E-state index contributed by atoms with van der Waals surface area (Å²) in [6.07, 6.45) is 12.7. The maximum atomic E-state index is 15.9. The average Bonchev–Trinajstić information content (AvgIpc) is 3.05. The van der Waals surface area contributed by atoms with E-state index in [0.29, 0.717) is 11.5 Å². The van der Waals surface area contributed by atoms with Crippen LogP contribution in [0.5, 0.6) is 0 Å². The van der Waals surface area contributed by atoms with Gasteiger partial charge >= 0.3 is 5.69 Å². The number of aryl methyl sites for hydroxylation is 1. The summed E-state index contributed by atoms with van der Waals surface area (Å²) in [4.78, 5) is 43.1. The molecule has 2 aliphatic rings. The predicted molar refractivity (Wildman–Crippen MR) is 180 cm³/mol. The molecule has 10 nitrogen and oxygen atoms in total. The number of rotatable bonds is 7. The molecule has 4 aromatic rings. The van der Waals surface area contributed by atoms with Gasteiger partial charge in [0.25, 0.3) is 0 Å². The molecule has 2 fully saturated rings. The van der Waals surface area contributed by atoms with Crippen LogP contribution in [0, 0.1) is 30.3 Å². The topological polar surface area (TPSA) is 118 Å². The van der Waals surface area contributed by atoms with Crippen LogP contribution in [-0.2, 0) is 14.6 Å². The second-order valence-electron chi connectivity index (χ2n) is 12.9. The number of sulfone groups is 1. The Morgan fingerprint density at radius 2 is 1.73 bits per heavy atom. The number of hydrogen-bond acceptors (Lipinski definition) is 8. The minimum Gasteiger partial charge on any atom is -0.350 e. The number of amides is 1. The van der Waals surface area contributed by atoms with E-state index in [-0.39, 0.29) is 54.1 Å². The van der Waals surface area contributed by atoms with Gasteiger partial charge in [-0.15, -0.1) is 0 Å². The number of carbonyl (C=O) groups is 1. The number of aromatic nitrogens is 4. The lowest BCUT2D eigenvalue weighted by Gasteiger charge is -2.40. The Bertz CT molecular complexity index is 2110. The Balaban J connectivity index is 1.45. The van der Waals surface area contributed by atoms with Crippen LogP contribution < -0.4 is 10.6 Å². The Morgan fingerprint density at radius 3 is 2.41 bits per heavy atom. The first-order valence-corrected chi connectivity index (χ1v) is 18.2. The number of nitrogens with zero attached hydrogens (tertiary/aromatic N) is 6. The molecule has 1 aromatic carbocycles. The van der Waals surface area contributed by atoms with Crippen molar-refractivity contribution in [1.29, 1.82) is 0 Å². The summed E-state index contributed by atoms with van der Waals surface area (Å²) in [5.41, 5.74) is -2.54. The Morgan fingerprint density at radius 1 is 1.02 bits per heavy atom. The summed E-state index contributed by atoms with van der Waals surface area (Å²) in [6, 6.07) is 5.13. The highest BCUT2D eigenvalue weighted by Gasteiger charge is 2.32. The summed E-state index contributed by atoms with van der Waals surface area (Å²) in [6.45, 7) is 4.20. The molecule has 4 heterocycles. The van der Waals surface area contributed by atoms with Gasteiger partial charge < -0.3 is 9.80 Å². The van der Waals surface area contributed by atoms with E-state index in [1.807, 2.05) is 13.0 Å². The second-order valence-corrected chi connectivity index (χ2v) is 14.8. The van der Waals surface area contributed by atoms with Crippen molar-refractivity contribution in [1.82, 2.24) is 24.4 Å². The molecule has 1 saturated heterocycles. The van der Waals surface area contributed by atoms with Crippen molar-refractivity contribution in [3.8, 4) is 16.9 Å². The molecule has 14 heteroatoms. The van der Waals surface area contributed by atoms with Crippen molar-refractivity contribution < 1.29 is 26.4 Å². The molecule has 0 bridgehead atoms. The molecule has 0 spiro atoms. The van der Waals surface area contributed by atoms with Crippen LogP contribution in [0.4, 0.5) is 19.0 Å². The van der Waals surface area contributed by atoms with Crippen LogP contribution in [0.25, 0.3) is 28.0 Å². The molecule has 6 rings (SSSR count). The molecular formula is C35H37F3N6O4S. The number of allylic oxidation sites excluding steroid dienone is 1. The zero-order chi connectivity index (χ0) is 35.0. The number of anilines is 1. The quantitative estimate of drug-likeness (QED) is 0.232. The number of fused-ring (bicyclic) bond motifs is 1. The van der Waals surface area contributed by atoms with E-state index < -0.39 is 49.3 Å². The fourth-order valence-electron chi connectivity index (χ4n) is 6.86. The van der Waals surface area contributed by atoms with Crippen molar-refractivity contribution in [3.63, 3.8) is 0 Å². The minimum absolute atomic E-state index is 0.000643. The van der Waals surface area contributed by atoms with Crippen molar-refractivity contribution in [3.05, 3.63) is 82.2 Å². The third kappa shape index (κ3) is 6.83. The maximum Gasteiger partial charge on any atom is 0.355 e. The predicted octanol–water partition coefficient (Wildman–Crippen LogP) is 5.54. The molecular weight excluding hydrogens is 657 g/mol. The highest BCUT2D eigenvalue weighted by molar-refractivity contribution is 7.90. The van der Waals surface area contributed by atoms with E-state index in [1.165, 1.54) is 44.4 Å². The smallest absolute Gasteiger partial charge is 0.350 e. The summed E-state index contributed by atoms with van der Waals surface area (Å²) in [7, 11) is -4.01. The largest absolute Gasteiger partial charge is 0.355 e. The monoisotopic (exact) mass is 694 g/mol. The van der Waals surface area contributed by atoms with Crippen molar-refractivity contribution in [2.45, 2.75) is 63.4 Å². The average molecular weight is 695 g/mol. The number of benzene rings is 1. The number of carbonyl (C=O) groups excluding carboxylic acids is 1. The van der Waals surface area contributed by atoms with Crippen LogP contribution in [0.15, 0.2) is 58.5 Å². The van der Waals surface area contributed by atoms with E-state index in [0.717, 1.165) is 41.5 Å². The standard InChI is InChI=1S/C35H37F3N6O4S/c1-21-15-16-39-34(49(3,47)48)31(21)44-33-24(19-27(38)30(40-33)29-25(36)12-8-13-26(29)37)32(41-35(44)46)43-18-17-42(20-22(43)2)28(45)14-7-11-23-9-5-4-6-10-23/h7-8,12-16,19,22-23H,4-6,9-11,17-18,20H2,1-3H3/b14-7+/t22-/m0/s1. The maximum absolute atomic E-state index is 15.9. The summed E-state index contributed by atoms with van der Waals surface area (Å²) in [5.74, 6) is -2.72. The summed E-state index contributed by atoms with van der Waals surface area (Å²) in [5, 5.41) is -0.452. The SMILES string of the molecule is Cc1ccnc(S(C)(=O)=O)c1-n1c(=O)nc(N2CCN(C(=O)/C=C/CC3CCCCC3)C[C@@H]2C)c2cc(F)c(-c3c(F)cccc3F)nc21. The third-order valence-corrected chi connectivity index (χ3v) is 10.3. The van der Waals surface area contributed by atoms with E-state index in [2.05, 4.69) is 15.0 Å². The second kappa shape index (κ2) is 13.7. The van der Waals surface area contributed by atoms with Gasteiger partial charge in [-0.3, -0.25) is 4.79 Å². The Kier molecular flexibility index (Phi) is 9.61. The van der Waals surface area contributed by atoms with Crippen molar-refractivity contribution in [2.24, 2.45) is 5.92 Å². The van der Waals surface area contributed by atoms with Gasteiger partial charge in [0, 0.05) is 38.1 Å². The number of hydrogen-bond donors (Lipinski definition) is 0. The number of piperazine rings is 1. The molecule has 258 valence electrons. The first kappa shape index (κ1) is 34.3. The van der Waals surface area contributed by atoms with Gasteiger partial charge in [0.05, 0.1) is 16.6 Å². The van der Waals surface area contributed by atoms with Gasteiger partial charge in [0.1, 0.15) is 23.1 Å². The fourth-order valence-corrected chi connectivity index (χ4v) is 7.71. The Hall–Kier alpha value is -4.59. The molecule has 1 atom stereocenters. The summed E-state index contributed by atoms with van der Waals surface area (Å²) < 4.78 is 72.3. The molecule has 1 saturated carbocycles. The van der Waals surface area contributed by atoms with E-state index in [4.69, 9.17) is 0 Å². The van der Waals surface area contributed by atoms with Crippen LogP contribution in [0.3, 0.4) is 0 Å². The lowest BCUT2D eigenvalue weighted by molar-refractivity contribution is -0.126.